The Hall–Kier alpha value is -1.44. The van der Waals surface area contributed by atoms with Gasteiger partial charge in [-0.1, -0.05) is 0 Å². The molecule has 7 heteroatoms. The molecule has 19 heavy (non-hydrogen) atoms. The summed E-state index contributed by atoms with van der Waals surface area (Å²) in [5.41, 5.74) is -0.415. The van der Waals surface area contributed by atoms with Crippen LogP contribution in [0.25, 0.3) is 0 Å². The Kier molecular flexibility index (Phi) is 3.26. The van der Waals surface area contributed by atoms with E-state index in [2.05, 4.69) is 10.3 Å². The van der Waals surface area contributed by atoms with Gasteiger partial charge in [-0.2, -0.15) is 4.98 Å². The fourth-order valence-corrected chi connectivity index (χ4v) is 2.20. The van der Waals surface area contributed by atoms with Crippen LogP contribution in [-0.4, -0.2) is 44.6 Å². The molecule has 2 heterocycles. The van der Waals surface area contributed by atoms with Crippen molar-refractivity contribution in [2.24, 2.45) is 0 Å². The molecular weight excluding hydrogens is 250 g/mol. The van der Waals surface area contributed by atoms with Gasteiger partial charge in [-0.25, -0.2) is 4.79 Å². The molecule has 1 aromatic heterocycles. The van der Waals surface area contributed by atoms with E-state index >= 15 is 0 Å². The Labute approximate surface area is 109 Å². The maximum atomic E-state index is 11.9. The van der Waals surface area contributed by atoms with Gasteiger partial charge in [0.25, 0.3) is 0 Å². The highest BCUT2D eigenvalue weighted by atomic mass is 16.5. The van der Waals surface area contributed by atoms with Crippen LogP contribution in [-0.2, 0) is 4.74 Å². The molecule has 0 bridgehead atoms. The van der Waals surface area contributed by atoms with Gasteiger partial charge in [0.15, 0.2) is 0 Å². The molecule has 0 spiro atoms. The Morgan fingerprint density at radius 1 is 1.53 bits per heavy atom. The third-order valence-corrected chi connectivity index (χ3v) is 3.45. The van der Waals surface area contributed by atoms with Gasteiger partial charge in [0.1, 0.15) is 18.1 Å². The summed E-state index contributed by atoms with van der Waals surface area (Å²) < 4.78 is 6.77. The summed E-state index contributed by atoms with van der Waals surface area (Å²) in [4.78, 5) is 15.9. The van der Waals surface area contributed by atoms with E-state index in [1.54, 1.807) is 12.3 Å². The Morgan fingerprint density at radius 2 is 2.32 bits per heavy atom. The molecule has 0 radical (unpaired) electrons. The lowest BCUT2D eigenvalue weighted by atomic mass is 10.2. The monoisotopic (exact) mass is 267 g/mol. The molecule has 2 fully saturated rings. The number of hydrogen-bond acceptors (Lipinski definition) is 6. The zero-order valence-corrected chi connectivity index (χ0v) is 10.4. The first kappa shape index (κ1) is 12.6. The van der Waals surface area contributed by atoms with E-state index in [0.717, 1.165) is 12.8 Å². The van der Waals surface area contributed by atoms with Crippen molar-refractivity contribution >= 4 is 5.82 Å². The second-order valence-electron chi connectivity index (χ2n) is 5.04. The van der Waals surface area contributed by atoms with Gasteiger partial charge in [-0.15, -0.1) is 0 Å². The van der Waals surface area contributed by atoms with Crippen LogP contribution in [0.4, 0.5) is 5.82 Å². The van der Waals surface area contributed by atoms with Crippen molar-refractivity contribution in [2.45, 2.75) is 43.7 Å². The van der Waals surface area contributed by atoms with Crippen LogP contribution >= 0.6 is 0 Å². The van der Waals surface area contributed by atoms with Crippen LogP contribution in [0.15, 0.2) is 17.1 Å². The Bertz CT molecular complexity index is 514. The lowest BCUT2D eigenvalue weighted by Crippen LogP contribution is -2.28. The van der Waals surface area contributed by atoms with Gasteiger partial charge >= 0.3 is 5.69 Å². The molecule has 1 aromatic rings. The molecule has 3 rings (SSSR count). The van der Waals surface area contributed by atoms with Crippen molar-refractivity contribution < 1.29 is 14.9 Å². The molecule has 1 aliphatic heterocycles. The topological polar surface area (TPSA) is 96.6 Å². The molecule has 3 N–H and O–H groups in total. The number of nitrogens with one attached hydrogen (secondary N) is 1. The van der Waals surface area contributed by atoms with Crippen molar-refractivity contribution in [1.82, 2.24) is 9.55 Å². The van der Waals surface area contributed by atoms with Gasteiger partial charge in [-0.05, 0) is 18.9 Å². The molecule has 1 aliphatic carbocycles. The Balaban J connectivity index is 1.76. The van der Waals surface area contributed by atoms with E-state index < -0.39 is 24.1 Å². The average Bonchev–Trinajstić information content (AvgIpc) is 3.11. The summed E-state index contributed by atoms with van der Waals surface area (Å²) in [6, 6.07) is 2.16. The summed E-state index contributed by atoms with van der Waals surface area (Å²) in [5.74, 6) is 0.570. The minimum absolute atomic E-state index is 0.263. The zero-order chi connectivity index (χ0) is 13.4. The predicted molar refractivity (Wildman–Crippen MR) is 66.8 cm³/mol. The summed E-state index contributed by atoms with van der Waals surface area (Å²) in [7, 11) is 0. The van der Waals surface area contributed by atoms with Crippen molar-refractivity contribution in [3.05, 3.63) is 22.7 Å². The van der Waals surface area contributed by atoms with Crippen LogP contribution in [0.1, 0.15) is 25.5 Å². The second kappa shape index (κ2) is 4.92. The van der Waals surface area contributed by atoms with Gasteiger partial charge in [0.05, 0.1) is 12.7 Å². The summed E-state index contributed by atoms with van der Waals surface area (Å²) in [6.07, 6.45) is 2.15. The first-order chi connectivity index (χ1) is 9.17. The highest BCUT2D eigenvalue weighted by Gasteiger charge is 2.35. The van der Waals surface area contributed by atoms with Gasteiger partial charge in [0, 0.05) is 18.7 Å². The van der Waals surface area contributed by atoms with Crippen LogP contribution in [0, 0.1) is 0 Å². The summed E-state index contributed by atoms with van der Waals surface area (Å²) in [5, 5.41) is 21.8. The lowest BCUT2D eigenvalue weighted by Gasteiger charge is -2.14. The van der Waals surface area contributed by atoms with Crippen LogP contribution in [0.5, 0.6) is 0 Å². The molecule has 1 saturated carbocycles. The third kappa shape index (κ3) is 2.63. The van der Waals surface area contributed by atoms with Crippen LogP contribution in [0.3, 0.4) is 0 Å². The normalized spacial score (nSPS) is 30.5. The Morgan fingerprint density at radius 3 is 2.89 bits per heavy atom. The van der Waals surface area contributed by atoms with Crippen molar-refractivity contribution in [1.29, 1.82) is 0 Å². The number of aromatic nitrogens is 2. The highest BCUT2D eigenvalue weighted by molar-refractivity contribution is 5.34. The largest absolute Gasteiger partial charge is 0.394 e. The first-order valence-electron chi connectivity index (χ1n) is 6.47. The maximum Gasteiger partial charge on any atom is 0.351 e. The second-order valence-corrected chi connectivity index (χ2v) is 5.04. The molecule has 2 aliphatic rings. The number of nitrogens with zero attached hydrogens (tertiary/aromatic N) is 2. The fraction of sp³-hybridized carbons (Fsp3) is 0.667. The quantitative estimate of drug-likeness (QED) is 0.678. The number of ether oxygens (including phenoxy) is 1. The minimum Gasteiger partial charge on any atom is -0.394 e. The molecule has 0 unspecified atom stereocenters. The molecule has 7 nitrogen and oxygen atoms in total. The fourth-order valence-electron chi connectivity index (χ4n) is 2.20. The predicted octanol–water partition coefficient (Wildman–Crippen LogP) is -0.542. The molecule has 0 aromatic carbocycles. The number of anilines is 1. The minimum atomic E-state index is -0.758. The van der Waals surface area contributed by atoms with Crippen molar-refractivity contribution in [2.75, 3.05) is 11.9 Å². The molecular formula is C12H17N3O4. The van der Waals surface area contributed by atoms with Gasteiger partial charge in [0.2, 0.25) is 0 Å². The smallest absolute Gasteiger partial charge is 0.351 e. The molecule has 1 saturated heterocycles. The first-order valence-corrected chi connectivity index (χ1v) is 6.47. The molecule has 104 valence electrons. The number of aliphatic hydroxyl groups excluding tert-OH is 2. The highest BCUT2D eigenvalue weighted by Crippen LogP contribution is 2.27. The van der Waals surface area contributed by atoms with Crippen molar-refractivity contribution in [3.63, 3.8) is 0 Å². The molecule has 3 atom stereocenters. The standard InChI is InChI=1S/C12H17N3O4/c16-6-9-8(17)5-11(19-9)15-4-3-10(14-12(15)18)13-7-1-2-7/h3-4,7-9,11,16-17H,1-2,5-6H2,(H,13,14,18)/t8-,9+,11+/m0/s1. The van der Waals surface area contributed by atoms with E-state index in [0.29, 0.717) is 11.9 Å². The van der Waals surface area contributed by atoms with E-state index in [1.807, 2.05) is 0 Å². The summed E-state index contributed by atoms with van der Waals surface area (Å²) in [6.45, 7) is -0.263. The SMILES string of the molecule is O=c1nc(NC2CC2)ccn1[C@H]1C[C@H](O)[C@@H](CO)O1. The van der Waals surface area contributed by atoms with E-state index in [9.17, 15) is 9.90 Å². The third-order valence-electron chi connectivity index (χ3n) is 3.45. The van der Waals surface area contributed by atoms with E-state index in [4.69, 9.17) is 9.84 Å². The van der Waals surface area contributed by atoms with E-state index in [-0.39, 0.29) is 13.0 Å². The van der Waals surface area contributed by atoms with Gasteiger partial charge in [-0.3, -0.25) is 4.57 Å². The average molecular weight is 267 g/mol. The number of aliphatic hydroxyl groups is 2. The van der Waals surface area contributed by atoms with Crippen LogP contribution in [0.2, 0.25) is 0 Å². The maximum absolute atomic E-state index is 11.9. The summed E-state index contributed by atoms with van der Waals surface area (Å²) >= 11 is 0. The number of hydrogen-bond donors (Lipinski definition) is 3. The lowest BCUT2D eigenvalue weighted by molar-refractivity contribution is -0.0458. The number of rotatable bonds is 4. The van der Waals surface area contributed by atoms with Crippen LogP contribution < -0.4 is 11.0 Å². The zero-order valence-electron chi connectivity index (χ0n) is 10.4. The van der Waals surface area contributed by atoms with Crippen molar-refractivity contribution in [3.8, 4) is 0 Å². The van der Waals surface area contributed by atoms with E-state index in [1.165, 1.54) is 4.57 Å². The van der Waals surface area contributed by atoms with Gasteiger partial charge < -0.3 is 20.3 Å². The molecule has 0 amide bonds.